The molecule has 6 heteroatoms. The number of hydrogen-bond donors (Lipinski definition) is 3. The van der Waals surface area contributed by atoms with Crippen molar-refractivity contribution in [3.8, 4) is 0 Å². The number of rotatable bonds is 11. The van der Waals surface area contributed by atoms with Crippen LogP contribution in [0.5, 0.6) is 0 Å². The molecule has 0 aliphatic heterocycles. The number of nitrogens with one attached hydrogen (secondary N) is 2. The van der Waals surface area contributed by atoms with E-state index in [1.54, 1.807) is 25.3 Å². The maximum Gasteiger partial charge on any atom is 0.131 e. The molecule has 0 aromatic carbocycles. The Kier molecular flexibility index (Phi) is 12.8. The number of likely N-dealkylation sites (N-methyl/N-ethyl adjacent to an activating group) is 1. The fraction of sp³-hybridized carbons (Fsp3) is 0.391. The highest BCUT2D eigenvalue weighted by atomic mass is 35.5. The summed E-state index contributed by atoms with van der Waals surface area (Å²) in [6, 6.07) is 0. The van der Waals surface area contributed by atoms with Crippen LogP contribution in [-0.2, 0) is 4.74 Å². The van der Waals surface area contributed by atoms with Gasteiger partial charge in [-0.25, -0.2) is 4.39 Å². The van der Waals surface area contributed by atoms with Gasteiger partial charge in [-0.1, -0.05) is 48.6 Å². The fourth-order valence-electron chi connectivity index (χ4n) is 2.43. The number of halogens is 2. The van der Waals surface area contributed by atoms with Crippen LogP contribution in [0.3, 0.4) is 0 Å². The van der Waals surface area contributed by atoms with Gasteiger partial charge in [-0.3, -0.25) is 0 Å². The molecule has 0 radical (unpaired) electrons. The molecule has 1 aliphatic rings. The minimum Gasteiger partial charge on any atom is -0.491 e. The van der Waals surface area contributed by atoms with Crippen molar-refractivity contribution in [1.82, 2.24) is 10.6 Å². The highest BCUT2D eigenvalue weighted by Crippen LogP contribution is 2.16. The van der Waals surface area contributed by atoms with Crippen LogP contribution in [0.25, 0.3) is 0 Å². The molecule has 0 heterocycles. The van der Waals surface area contributed by atoms with Crippen LogP contribution in [0.4, 0.5) is 4.39 Å². The van der Waals surface area contributed by atoms with Crippen LogP contribution in [0.1, 0.15) is 32.6 Å². The summed E-state index contributed by atoms with van der Waals surface area (Å²) in [6.45, 7) is 5.12. The van der Waals surface area contributed by atoms with Gasteiger partial charge in [-0.05, 0) is 51.1 Å². The lowest BCUT2D eigenvalue weighted by Gasteiger charge is -2.15. The van der Waals surface area contributed by atoms with E-state index in [1.807, 2.05) is 30.4 Å². The predicted molar refractivity (Wildman–Crippen MR) is 122 cm³/mol. The maximum atomic E-state index is 13.2. The second-order valence-corrected chi connectivity index (χ2v) is 7.11. The standard InChI is InChI=1S/C23H33ClFN3O/c1-4-5-13-22(29-17-18(2)25)15-14-21(16-23(26)27-3)28-20-11-7-6-9-19(24)10-8-12-20/h4-5,8-9,11-13,15-16,18,23,27-28H,1,6-7,10,14,17,26H2,2-3H3/b12-8?,13-5-,19-9+,20-11+,21-16-,22-15+. The molecule has 0 amide bonds. The molecule has 4 N–H and O–H groups in total. The van der Waals surface area contributed by atoms with Gasteiger partial charge >= 0.3 is 0 Å². The third-order valence-corrected chi connectivity index (χ3v) is 4.23. The van der Waals surface area contributed by atoms with Gasteiger partial charge in [0.15, 0.2) is 0 Å². The lowest BCUT2D eigenvalue weighted by atomic mass is 10.2. The largest absolute Gasteiger partial charge is 0.491 e. The van der Waals surface area contributed by atoms with Gasteiger partial charge in [-0.15, -0.1) is 0 Å². The molecule has 0 saturated heterocycles. The molecule has 1 rings (SSSR count). The molecule has 0 spiro atoms. The average Bonchev–Trinajstić information content (AvgIpc) is 2.79. The van der Waals surface area contributed by atoms with E-state index in [0.29, 0.717) is 18.6 Å². The fourth-order valence-corrected chi connectivity index (χ4v) is 2.63. The second-order valence-electron chi connectivity index (χ2n) is 6.62. The van der Waals surface area contributed by atoms with Crippen LogP contribution in [0.15, 0.2) is 83.4 Å². The van der Waals surface area contributed by atoms with Crippen molar-refractivity contribution in [2.45, 2.75) is 44.9 Å². The molecule has 2 unspecified atom stereocenters. The summed E-state index contributed by atoms with van der Waals surface area (Å²) in [4.78, 5) is 0. The molecule has 29 heavy (non-hydrogen) atoms. The van der Waals surface area contributed by atoms with E-state index in [2.05, 4.69) is 23.3 Å². The van der Waals surface area contributed by atoms with E-state index in [9.17, 15) is 4.39 Å². The number of alkyl halides is 1. The minimum atomic E-state index is -1.05. The van der Waals surface area contributed by atoms with Crippen molar-refractivity contribution < 1.29 is 9.13 Å². The van der Waals surface area contributed by atoms with E-state index in [-0.39, 0.29) is 12.8 Å². The van der Waals surface area contributed by atoms with E-state index in [4.69, 9.17) is 22.1 Å². The van der Waals surface area contributed by atoms with Crippen LogP contribution in [0, 0.1) is 0 Å². The molecule has 160 valence electrons. The first-order valence-electron chi connectivity index (χ1n) is 9.82. The second kappa shape index (κ2) is 14.9. The summed E-state index contributed by atoms with van der Waals surface area (Å²) < 4.78 is 18.7. The predicted octanol–water partition coefficient (Wildman–Crippen LogP) is 5.10. The van der Waals surface area contributed by atoms with Crippen molar-refractivity contribution >= 4 is 11.6 Å². The Morgan fingerprint density at radius 2 is 2.17 bits per heavy atom. The first-order valence-corrected chi connectivity index (χ1v) is 10.2. The molecule has 0 aromatic heterocycles. The third kappa shape index (κ3) is 12.2. The third-order valence-electron chi connectivity index (χ3n) is 3.93. The topological polar surface area (TPSA) is 59.3 Å². The van der Waals surface area contributed by atoms with E-state index in [0.717, 1.165) is 29.3 Å². The summed E-state index contributed by atoms with van der Waals surface area (Å²) >= 11 is 6.15. The van der Waals surface area contributed by atoms with Gasteiger partial charge in [0, 0.05) is 29.3 Å². The van der Waals surface area contributed by atoms with Gasteiger partial charge in [0.1, 0.15) is 18.5 Å². The summed E-state index contributed by atoms with van der Waals surface area (Å²) in [6.07, 6.45) is 18.9. The van der Waals surface area contributed by atoms with Crippen molar-refractivity contribution in [2.24, 2.45) is 5.73 Å². The first-order chi connectivity index (χ1) is 13.9. The Labute approximate surface area is 179 Å². The lowest BCUT2D eigenvalue weighted by molar-refractivity contribution is 0.151. The Morgan fingerprint density at radius 3 is 2.86 bits per heavy atom. The van der Waals surface area contributed by atoms with Gasteiger partial charge < -0.3 is 21.1 Å². The molecule has 1 aliphatic carbocycles. The highest BCUT2D eigenvalue weighted by Gasteiger charge is 2.05. The quantitative estimate of drug-likeness (QED) is 0.247. The van der Waals surface area contributed by atoms with Crippen LogP contribution < -0.4 is 16.4 Å². The maximum absolute atomic E-state index is 13.2. The average molecular weight is 422 g/mol. The van der Waals surface area contributed by atoms with Crippen molar-refractivity contribution in [3.05, 3.63) is 83.4 Å². The molecular weight excluding hydrogens is 389 g/mol. The van der Waals surface area contributed by atoms with Gasteiger partial charge in [0.25, 0.3) is 0 Å². The zero-order valence-corrected chi connectivity index (χ0v) is 18.1. The zero-order chi connectivity index (χ0) is 21.5. The van der Waals surface area contributed by atoms with Crippen molar-refractivity contribution in [2.75, 3.05) is 13.7 Å². The Morgan fingerprint density at radius 1 is 1.41 bits per heavy atom. The molecule has 0 fully saturated rings. The molecule has 0 aromatic rings. The molecular formula is C23H33ClFN3O. The summed E-state index contributed by atoms with van der Waals surface area (Å²) in [5, 5.41) is 7.29. The summed E-state index contributed by atoms with van der Waals surface area (Å²) in [5.41, 5.74) is 7.93. The van der Waals surface area contributed by atoms with E-state index in [1.165, 1.54) is 6.92 Å². The number of hydrogen-bond acceptors (Lipinski definition) is 4. The Hall–Kier alpha value is -2.08. The normalized spacial score (nSPS) is 21.8. The number of nitrogens with two attached hydrogens (primary N) is 1. The zero-order valence-electron chi connectivity index (χ0n) is 17.3. The van der Waals surface area contributed by atoms with Gasteiger partial charge in [0.05, 0.1) is 6.17 Å². The van der Waals surface area contributed by atoms with Crippen LogP contribution in [-0.4, -0.2) is 26.0 Å². The summed E-state index contributed by atoms with van der Waals surface area (Å²) in [5.74, 6) is 0.579. The van der Waals surface area contributed by atoms with Gasteiger partial charge in [0.2, 0.25) is 0 Å². The Balaban J connectivity index is 2.97. The van der Waals surface area contributed by atoms with Crippen LogP contribution >= 0.6 is 11.6 Å². The monoisotopic (exact) mass is 421 g/mol. The number of ether oxygens (including phenoxy) is 1. The smallest absolute Gasteiger partial charge is 0.131 e. The van der Waals surface area contributed by atoms with Crippen molar-refractivity contribution in [1.29, 1.82) is 0 Å². The minimum absolute atomic E-state index is 0.00251. The molecule has 0 saturated carbocycles. The summed E-state index contributed by atoms with van der Waals surface area (Å²) in [7, 11) is 1.80. The molecule has 4 nitrogen and oxygen atoms in total. The molecule has 2 atom stereocenters. The SMILES string of the molecule is C=C/C=C\C(=C/C/C(=C/C(N)NC)N/C1=C/CC/C=C(/Cl)CC=C1)OCC(C)F. The number of allylic oxidation sites excluding steroid dienone is 9. The lowest BCUT2D eigenvalue weighted by Crippen LogP contribution is -2.33. The highest BCUT2D eigenvalue weighted by molar-refractivity contribution is 6.29. The Bertz CT molecular complexity index is 690. The van der Waals surface area contributed by atoms with Crippen molar-refractivity contribution in [3.63, 3.8) is 0 Å². The van der Waals surface area contributed by atoms with Crippen LogP contribution in [0.2, 0.25) is 0 Å². The first kappa shape index (κ1) is 25.0. The van der Waals surface area contributed by atoms with E-state index >= 15 is 0 Å². The van der Waals surface area contributed by atoms with E-state index < -0.39 is 6.17 Å². The molecule has 0 bridgehead atoms. The van der Waals surface area contributed by atoms with Gasteiger partial charge in [-0.2, -0.15) is 0 Å².